The molecule has 18 heavy (non-hydrogen) atoms. The Morgan fingerprint density at radius 2 is 1.78 bits per heavy atom. The molecule has 0 aliphatic rings. The lowest BCUT2D eigenvalue weighted by Crippen LogP contribution is -2.35. The van der Waals surface area contributed by atoms with Gasteiger partial charge < -0.3 is 10.0 Å². The fraction of sp³-hybridized carbons (Fsp3) is 0.600. The second kappa shape index (κ2) is 6.58. The molecule has 0 spiro atoms. The maximum atomic E-state index is 9.92. The minimum atomic E-state index is -0.443. The number of rotatable bonds is 5. The van der Waals surface area contributed by atoms with Crippen molar-refractivity contribution in [2.45, 2.75) is 46.8 Å². The highest BCUT2D eigenvalue weighted by Gasteiger charge is 2.18. The Balaban J connectivity index is 3.20. The van der Waals surface area contributed by atoms with E-state index in [0.29, 0.717) is 12.0 Å². The maximum absolute atomic E-state index is 9.92. The van der Waals surface area contributed by atoms with Crippen molar-refractivity contribution in [3.8, 4) is 0 Å². The van der Waals surface area contributed by atoms with Crippen LogP contribution in [-0.4, -0.2) is 17.7 Å². The van der Waals surface area contributed by atoms with Crippen molar-refractivity contribution in [1.82, 2.24) is 0 Å². The standard InChI is InChI=1S/C15H24BrNO/c1-10(2)9-17(11(3)4)15-8-13(16)6-7-14(15)12(5)18/h6-8,10-12,18H,9H2,1-5H3. The zero-order valence-corrected chi connectivity index (χ0v) is 13.5. The van der Waals surface area contributed by atoms with Gasteiger partial charge in [-0.3, -0.25) is 0 Å². The molecule has 0 saturated heterocycles. The summed E-state index contributed by atoms with van der Waals surface area (Å²) in [6, 6.07) is 6.50. The van der Waals surface area contributed by atoms with Crippen LogP contribution in [0.1, 0.15) is 46.3 Å². The molecule has 102 valence electrons. The van der Waals surface area contributed by atoms with Crippen LogP contribution < -0.4 is 4.90 Å². The van der Waals surface area contributed by atoms with Crippen LogP contribution in [0.5, 0.6) is 0 Å². The molecule has 0 aliphatic heterocycles. The smallest absolute Gasteiger partial charge is 0.0782 e. The molecule has 0 radical (unpaired) electrons. The monoisotopic (exact) mass is 313 g/mol. The van der Waals surface area contributed by atoms with Crippen LogP contribution >= 0.6 is 15.9 Å². The Bertz CT molecular complexity index is 388. The summed E-state index contributed by atoms with van der Waals surface area (Å²) in [5, 5.41) is 9.92. The fourth-order valence-corrected chi connectivity index (χ4v) is 2.45. The van der Waals surface area contributed by atoms with Crippen molar-refractivity contribution >= 4 is 21.6 Å². The lowest BCUT2D eigenvalue weighted by Gasteiger charge is -2.33. The highest BCUT2D eigenvalue weighted by atomic mass is 79.9. The second-order valence-corrected chi connectivity index (χ2v) is 6.43. The molecule has 0 aliphatic carbocycles. The molecule has 1 aromatic carbocycles. The quantitative estimate of drug-likeness (QED) is 0.872. The molecule has 1 atom stereocenters. The SMILES string of the molecule is CC(C)CN(c1cc(Br)ccc1C(C)O)C(C)C. The lowest BCUT2D eigenvalue weighted by atomic mass is 10.0. The van der Waals surface area contributed by atoms with Crippen molar-refractivity contribution in [3.63, 3.8) is 0 Å². The number of benzene rings is 1. The first-order chi connectivity index (χ1) is 8.32. The largest absolute Gasteiger partial charge is 0.389 e. The number of hydrogen-bond acceptors (Lipinski definition) is 2. The summed E-state index contributed by atoms with van der Waals surface area (Å²) in [4.78, 5) is 2.36. The molecule has 1 N–H and O–H groups in total. The molecular formula is C15H24BrNO. The third-order valence-electron chi connectivity index (χ3n) is 2.94. The van der Waals surface area contributed by atoms with Crippen molar-refractivity contribution in [3.05, 3.63) is 28.2 Å². The predicted octanol–water partition coefficient (Wildman–Crippen LogP) is 4.37. The van der Waals surface area contributed by atoms with E-state index in [4.69, 9.17) is 0 Å². The van der Waals surface area contributed by atoms with Crippen LogP contribution in [0.15, 0.2) is 22.7 Å². The molecular weight excluding hydrogens is 290 g/mol. The van der Waals surface area contributed by atoms with Gasteiger partial charge in [-0.05, 0) is 38.8 Å². The summed E-state index contributed by atoms with van der Waals surface area (Å²) in [5.41, 5.74) is 2.12. The van der Waals surface area contributed by atoms with E-state index in [1.807, 2.05) is 19.1 Å². The van der Waals surface area contributed by atoms with Gasteiger partial charge >= 0.3 is 0 Å². The highest BCUT2D eigenvalue weighted by molar-refractivity contribution is 9.10. The van der Waals surface area contributed by atoms with E-state index in [2.05, 4.69) is 54.6 Å². The van der Waals surface area contributed by atoms with Gasteiger partial charge in [0.25, 0.3) is 0 Å². The number of hydrogen-bond donors (Lipinski definition) is 1. The number of anilines is 1. The molecule has 1 aromatic rings. The van der Waals surface area contributed by atoms with Crippen molar-refractivity contribution < 1.29 is 5.11 Å². The van der Waals surface area contributed by atoms with E-state index in [-0.39, 0.29) is 0 Å². The first-order valence-electron chi connectivity index (χ1n) is 6.57. The fourth-order valence-electron chi connectivity index (χ4n) is 2.10. The molecule has 2 nitrogen and oxygen atoms in total. The molecule has 1 unspecified atom stereocenters. The molecule has 0 fully saturated rings. The normalized spacial score (nSPS) is 13.2. The Kier molecular flexibility index (Phi) is 5.67. The van der Waals surface area contributed by atoms with Crippen molar-refractivity contribution in [1.29, 1.82) is 0 Å². The van der Waals surface area contributed by atoms with Crippen LogP contribution in [0.3, 0.4) is 0 Å². The molecule has 1 rings (SSSR count). The van der Waals surface area contributed by atoms with Gasteiger partial charge in [0, 0.05) is 28.3 Å². The molecule has 0 heterocycles. The zero-order chi connectivity index (χ0) is 13.9. The Morgan fingerprint density at radius 3 is 2.22 bits per heavy atom. The first-order valence-corrected chi connectivity index (χ1v) is 7.36. The lowest BCUT2D eigenvalue weighted by molar-refractivity contribution is 0.199. The average molecular weight is 314 g/mol. The van der Waals surface area contributed by atoms with Crippen molar-refractivity contribution in [2.75, 3.05) is 11.4 Å². The summed E-state index contributed by atoms with van der Waals surface area (Å²) in [6.45, 7) is 11.6. The third-order valence-corrected chi connectivity index (χ3v) is 3.43. The Hall–Kier alpha value is -0.540. The maximum Gasteiger partial charge on any atom is 0.0782 e. The minimum absolute atomic E-state index is 0.416. The summed E-state index contributed by atoms with van der Waals surface area (Å²) in [6.07, 6.45) is -0.443. The van der Waals surface area contributed by atoms with Crippen LogP contribution in [0.4, 0.5) is 5.69 Å². The van der Waals surface area contributed by atoms with E-state index < -0.39 is 6.10 Å². The minimum Gasteiger partial charge on any atom is -0.389 e. The first kappa shape index (κ1) is 15.5. The third kappa shape index (κ3) is 3.99. The van der Waals surface area contributed by atoms with E-state index in [1.54, 1.807) is 0 Å². The molecule has 0 bridgehead atoms. The van der Waals surface area contributed by atoms with E-state index >= 15 is 0 Å². The van der Waals surface area contributed by atoms with Gasteiger partial charge in [-0.1, -0.05) is 35.8 Å². The number of aliphatic hydroxyl groups excluding tert-OH is 1. The highest BCUT2D eigenvalue weighted by Crippen LogP contribution is 2.31. The van der Waals surface area contributed by atoms with Gasteiger partial charge in [-0.15, -0.1) is 0 Å². The summed E-state index contributed by atoms with van der Waals surface area (Å²) in [7, 11) is 0. The van der Waals surface area contributed by atoms with Gasteiger partial charge in [0.15, 0.2) is 0 Å². The van der Waals surface area contributed by atoms with E-state index in [0.717, 1.165) is 22.3 Å². The Labute approximate surface area is 119 Å². The molecule has 3 heteroatoms. The average Bonchev–Trinajstić information content (AvgIpc) is 2.24. The van der Waals surface area contributed by atoms with Crippen LogP contribution in [-0.2, 0) is 0 Å². The molecule has 0 aromatic heterocycles. The van der Waals surface area contributed by atoms with Crippen LogP contribution in [0, 0.1) is 5.92 Å². The number of aliphatic hydroxyl groups is 1. The van der Waals surface area contributed by atoms with Crippen LogP contribution in [0.2, 0.25) is 0 Å². The number of halogens is 1. The summed E-state index contributed by atoms with van der Waals surface area (Å²) < 4.78 is 1.05. The molecule has 0 saturated carbocycles. The van der Waals surface area contributed by atoms with Gasteiger partial charge in [-0.2, -0.15) is 0 Å². The van der Waals surface area contributed by atoms with Gasteiger partial charge in [0.2, 0.25) is 0 Å². The van der Waals surface area contributed by atoms with Crippen LogP contribution in [0.25, 0.3) is 0 Å². The van der Waals surface area contributed by atoms with E-state index in [9.17, 15) is 5.11 Å². The Morgan fingerprint density at radius 1 is 1.17 bits per heavy atom. The zero-order valence-electron chi connectivity index (χ0n) is 11.9. The second-order valence-electron chi connectivity index (χ2n) is 5.52. The summed E-state index contributed by atoms with van der Waals surface area (Å²) >= 11 is 3.52. The van der Waals surface area contributed by atoms with Gasteiger partial charge in [-0.25, -0.2) is 0 Å². The molecule has 0 amide bonds. The van der Waals surface area contributed by atoms with E-state index in [1.165, 1.54) is 0 Å². The number of nitrogens with zero attached hydrogens (tertiary/aromatic N) is 1. The predicted molar refractivity (Wildman–Crippen MR) is 82.1 cm³/mol. The topological polar surface area (TPSA) is 23.5 Å². The summed E-state index contributed by atoms with van der Waals surface area (Å²) in [5.74, 6) is 0.591. The van der Waals surface area contributed by atoms with Crippen molar-refractivity contribution in [2.24, 2.45) is 5.92 Å². The van der Waals surface area contributed by atoms with Gasteiger partial charge in [0.05, 0.1) is 6.10 Å². The van der Waals surface area contributed by atoms with Gasteiger partial charge in [0.1, 0.15) is 0 Å².